The average Bonchev–Trinajstić information content (AvgIpc) is 2.90. The van der Waals surface area contributed by atoms with Gasteiger partial charge >= 0.3 is 0 Å². The normalized spacial score (nSPS) is 11.3. The molecule has 0 atom stereocenters. The number of aryl methyl sites for hydroxylation is 1. The number of amides is 1. The summed E-state index contributed by atoms with van der Waals surface area (Å²) in [6.45, 7) is 3.69. The number of anilines is 1. The van der Waals surface area contributed by atoms with Gasteiger partial charge < -0.3 is 5.32 Å². The smallest absolute Gasteiger partial charge is 0.255 e. The van der Waals surface area contributed by atoms with Crippen molar-refractivity contribution < 1.29 is 13.2 Å². The molecule has 7 heteroatoms. The van der Waals surface area contributed by atoms with Crippen LogP contribution in [-0.4, -0.2) is 30.4 Å². The highest BCUT2D eigenvalue weighted by atomic mass is 32.2. The highest BCUT2D eigenvalue weighted by Gasteiger charge is 2.17. The Labute approximate surface area is 152 Å². The van der Waals surface area contributed by atoms with Gasteiger partial charge in [0.15, 0.2) is 9.84 Å². The topological polar surface area (TPSA) is 81.1 Å². The van der Waals surface area contributed by atoms with E-state index in [1.807, 2.05) is 44.2 Å². The predicted octanol–water partition coefficient (Wildman–Crippen LogP) is 3.14. The van der Waals surface area contributed by atoms with Crippen LogP contribution in [-0.2, 0) is 9.84 Å². The molecule has 3 aromatic rings. The molecule has 0 spiro atoms. The largest absolute Gasteiger partial charge is 0.319 e. The molecule has 1 N–H and O–H groups in total. The van der Waals surface area contributed by atoms with E-state index in [9.17, 15) is 13.2 Å². The summed E-state index contributed by atoms with van der Waals surface area (Å²) < 4.78 is 25.1. The van der Waals surface area contributed by atoms with Crippen molar-refractivity contribution in [3.63, 3.8) is 0 Å². The van der Waals surface area contributed by atoms with Crippen molar-refractivity contribution in [3.8, 4) is 5.69 Å². The second-order valence-electron chi connectivity index (χ2n) is 6.05. The van der Waals surface area contributed by atoms with Crippen molar-refractivity contribution in [1.29, 1.82) is 0 Å². The maximum Gasteiger partial charge on any atom is 0.255 e. The van der Waals surface area contributed by atoms with Gasteiger partial charge in [0.05, 0.1) is 27.7 Å². The minimum Gasteiger partial charge on any atom is -0.319 e. The van der Waals surface area contributed by atoms with E-state index in [1.54, 1.807) is 16.8 Å². The molecule has 1 heterocycles. The number of nitrogens with one attached hydrogen (secondary N) is 1. The van der Waals surface area contributed by atoms with Crippen LogP contribution in [0.15, 0.2) is 59.5 Å². The lowest BCUT2D eigenvalue weighted by molar-refractivity contribution is 0.102. The summed E-state index contributed by atoms with van der Waals surface area (Å²) in [5.41, 5.74) is 3.26. The molecule has 1 aromatic heterocycles. The Kier molecular flexibility index (Phi) is 4.65. The van der Waals surface area contributed by atoms with Crippen molar-refractivity contribution >= 4 is 21.4 Å². The number of sulfone groups is 1. The minimum absolute atomic E-state index is 0.110. The van der Waals surface area contributed by atoms with Crippen molar-refractivity contribution in [2.24, 2.45) is 0 Å². The third-order valence-corrected chi connectivity index (χ3v) is 5.17. The van der Waals surface area contributed by atoms with Crippen LogP contribution in [0.3, 0.4) is 0 Å². The van der Waals surface area contributed by atoms with E-state index in [0.29, 0.717) is 11.4 Å². The first-order valence-corrected chi connectivity index (χ1v) is 9.89. The molecule has 134 valence electrons. The second kappa shape index (κ2) is 6.76. The van der Waals surface area contributed by atoms with Gasteiger partial charge in [0.25, 0.3) is 5.91 Å². The molecule has 6 nitrogen and oxygen atoms in total. The lowest BCUT2D eigenvalue weighted by atomic mass is 10.2. The molecule has 0 aliphatic heterocycles. The van der Waals surface area contributed by atoms with Crippen LogP contribution in [0.25, 0.3) is 5.69 Å². The first-order chi connectivity index (χ1) is 12.3. The molecule has 0 aliphatic rings. The summed E-state index contributed by atoms with van der Waals surface area (Å²) in [5, 5.41) is 7.34. The van der Waals surface area contributed by atoms with Crippen LogP contribution in [0, 0.1) is 13.8 Å². The number of para-hydroxylation sites is 1. The second-order valence-corrected chi connectivity index (χ2v) is 8.06. The first kappa shape index (κ1) is 17.9. The number of benzene rings is 2. The van der Waals surface area contributed by atoms with Gasteiger partial charge in [-0.25, -0.2) is 13.1 Å². The summed E-state index contributed by atoms with van der Waals surface area (Å²) in [5.74, 6) is -0.380. The SMILES string of the molecule is Cc1nn(-c2ccccc2)c(C)c1NC(=O)c1cccc(S(C)(=O)=O)c1. The first-order valence-electron chi connectivity index (χ1n) is 8.00. The maximum atomic E-state index is 12.6. The molecule has 0 saturated heterocycles. The number of carbonyl (C=O) groups is 1. The van der Waals surface area contributed by atoms with E-state index < -0.39 is 9.84 Å². The highest BCUT2D eigenvalue weighted by molar-refractivity contribution is 7.90. The molecular weight excluding hydrogens is 350 g/mol. The van der Waals surface area contributed by atoms with Gasteiger partial charge in [0.2, 0.25) is 0 Å². The Morgan fingerprint density at radius 1 is 1.04 bits per heavy atom. The number of rotatable bonds is 4. The van der Waals surface area contributed by atoms with Gasteiger partial charge in [0.1, 0.15) is 0 Å². The lowest BCUT2D eigenvalue weighted by Gasteiger charge is -2.08. The Bertz CT molecular complexity index is 1070. The van der Waals surface area contributed by atoms with Crippen molar-refractivity contribution in [1.82, 2.24) is 9.78 Å². The molecule has 0 fully saturated rings. The molecule has 3 rings (SSSR count). The van der Waals surface area contributed by atoms with E-state index in [1.165, 1.54) is 12.1 Å². The van der Waals surface area contributed by atoms with Gasteiger partial charge in [0, 0.05) is 11.8 Å². The molecule has 0 bridgehead atoms. The van der Waals surface area contributed by atoms with Crippen molar-refractivity contribution in [2.45, 2.75) is 18.7 Å². The van der Waals surface area contributed by atoms with Gasteiger partial charge in [-0.15, -0.1) is 0 Å². The van der Waals surface area contributed by atoms with E-state index in [2.05, 4.69) is 10.4 Å². The van der Waals surface area contributed by atoms with Gasteiger partial charge in [-0.1, -0.05) is 24.3 Å². The molecule has 0 aliphatic carbocycles. The Balaban J connectivity index is 1.93. The number of nitrogens with zero attached hydrogens (tertiary/aromatic N) is 2. The number of aromatic nitrogens is 2. The Morgan fingerprint density at radius 2 is 1.73 bits per heavy atom. The molecule has 0 unspecified atom stereocenters. The fourth-order valence-electron chi connectivity index (χ4n) is 2.70. The van der Waals surface area contributed by atoms with Crippen LogP contribution < -0.4 is 5.32 Å². The fourth-order valence-corrected chi connectivity index (χ4v) is 3.36. The van der Waals surface area contributed by atoms with E-state index in [0.717, 1.165) is 17.6 Å². The van der Waals surface area contributed by atoms with Gasteiger partial charge in [-0.2, -0.15) is 5.10 Å². The molecule has 0 radical (unpaired) electrons. The minimum atomic E-state index is -3.38. The zero-order valence-electron chi connectivity index (χ0n) is 14.7. The average molecular weight is 369 g/mol. The number of hydrogen-bond donors (Lipinski definition) is 1. The maximum absolute atomic E-state index is 12.6. The van der Waals surface area contributed by atoms with E-state index in [4.69, 9.17) is 0 Å². The van der Waals surface area contributed by atoms with Crippen LogP contribution in [0.2, 0.25) is 0 Å². The van der Waals surface area contributed by atoms with E-state index >= 15 is 0 Å². The fraction of sp³-hybridized carbons (Fsp3) is 0.158. The Hall–Kier alpha value is -2.93. The molecule has 0 saturated carbocycles. The predicted molar refractivity (Wildman–Crippen MR) is 101 cm³/mol. The summed E-state index contributed by atoms with van der Waals surface area (Å²) in [6, 6.07) is 15.6. The third kappa shape index (κ3) is 3.52. The molecule has 1 amide bonds. The van der Waals surface area contributed by atoms with Crippen LogP contribution in [0.5, 0.6) is 0 Å². The Morgan fingerprint density at radius 3 is 2.38 bits per heavy atom. The number of hydrogen-bond acceptors (Lipinski definition) is 4. The summed E-state index contributed by atoms with van der Waals surface area (Å²) >= 11 is 0. The third-order valence-electron chi connectivity index (χ3n) is 4.05. The summed E-state index contributed by atoms with van der Waals surface area (Å²) in [7, 11) is -3.38. The van der Waals surface area contributed by atoms with Gasteiger partial charge in [-0.3, -0.25) is 4.79 Å². The summed E-state index contributed by atoms with van der Waals surface area (Å²) in [6.07, 6.45) is 1.11. The quantitative estimate of drug-likeness (QED) is 0.766. The van der Waals surface area contributed by atoms with Crippen LogP contribution in [0.1, 0.15) is 21.7 Å². The number of carbonyl (C=O) groups excluding carboxylic acids is 1. The zero-order chi connectivity index (χ0) is 18.9. The van der Waals surface area contributed by atoms with Crippen LogP contribution in [0.4, 0.5) is 5.69 Å². The van der Waals surface area contributed by atoms with Gasteiger partial charge in [-0.05, 0) is 44.2 Å². The zero-order valence-corrected chi connectivity index (χ0v) is 15.5. The molecule has 2 aromatic carbocycles. The molecule has 26 heavy (non-hydrogen) atoms. The monoisotopic (exact) mass is 369 g/mol. The van der Waals surface area contributed by atoms with Crippen molar-refractivity contribution in [3.05, 3.63) is 71.5 Å². The standard InChI is InChI=1S/C19H19N3O3S/c1-13-18(14(2)22(21-13)16-9-5-4-6-10-16)20-19(23)15-8-7-11-17(12-15)26(3,24)25/h4-12H,1-3H3,(H,20,23). The van der Waals surface area contributed by atoms with Crippen molar-refractivity contribution in [2.75, 3.05) is 11.6 Å². The lowest BCUT2D eigenvalue weighted by Crippen LogP contribution is -2.14. The van der Waals surface area contributed by atoms with E-state index in [-0.39, 0.29) is 16.4 Å². The highest BCUT2D eigenvalue weighted by Crippen LogP contribution is 2.23. The molecular formula is C19H19N3O3S. The van der Waals surface area contributed by atoms with Crippen LogP contribution >= 0.6 is 0 Å². The summed E-state index contributed by atoms with van der Waals surface area (Å²) in [4.78, 5) is 12.7.